The average Bonchev–Trinajstić information content (AvgIpc) is 2.39. The van der Waals surface area contributed by atoms with Crippen LogP contribution in [-0.4, -0.2) is 5.54 Å². The molecule has 0 amide bonds. The van der Waals surface area contributed by atoms with Gasteiger partial charge < -0.3 is 5.32 Å². The van der Waals surface area contributed by atoms with E-state index >= 15 is 0 Å². The fraction of sp³-hybridized carbons (Fsp3) is 0.684. The van der Waals surface area contributed by atoms with Gasteiger partial charge in [-0.2, -0.15) is 0 Å². The molecule has 0 aromatic rings. The molecule has 1 aliphatic carbocycles. The largest absolute Gasteiger partial charge is 0.380 e. The summed E-state index contributed by atoms with van der Waals surface area (Å²) in [5.41, 5.74) is 6.81. The van der Waals surface area contributed by atoms with Crippen LogP contribution in [-0.2, 0) is 0 Å². The first-order chi connectivity index (χ1) is 9.33. The van der Waals surface area contributed by atoms with E-state index < -0.39 is 0 Å². The first-order valence-electron chi connectivity index (χ1n) is 8.12. The lowest BCUT2D eigenvalue weighted by Gasteiger charge is -2.39. The number of hydrogen-bond donors (Lipinski definition) is 1. The molecule has 0 unspecified atom stereocenters. The number of nitrogens with one attached hydrogen (secondary N) is 1. The number of rotatable bonds is 5. The maximum absolute atomic E-state index is 4.36. The molecular weight excluding hydrogens is 242 g/mol. The van der Waals surface area contributed by atoms with Gasteiger partial charge in [0.2, 0.25) is 0 Å². The highest BCUT2D eigenvalue weighted by atomic mass is 15.0. The van der Waals surface area contributed by atoms with Gasteiger partial charge in [-0.1, -0.05) is 43.9 Å². The Morgan fingerprint density at radius 2 is 1.50 bits per heavy atom. The molecule has 0 bridgehead atoms. The molecule has 0 radical (unpaired) electrons. The summed E-state index contributed by atoms with van der Waals surface area (Å²) < 4.78 is 0. The van der Waals surface area contributed by atoms with Crippen molar-refractivity contribution in [3.05, 3.63) is 34.6 Å². The van der Waals surface area contributed by atoms with Gasteiger partial charge in [0.05, 0.1) is 0 Å². The molecular formula is C19H33N. The van der Waals surface area contributed by atoms with Crippen LogP contribution in [0.4, 0.5) is 0 Å². The van der Waals surface area contributed by atoms with E-state index in [-0.39, 0.29) is 5.54 Å². The van der Waals surface area contributed by atoms with E-state index in [4.69, 9.17) is 0 Å². The lowest BCUT2D eigenvalue weighted by Crippen LogP contribution is -2.45. The fourth-order valence-electron chi connectivity index (χ4n) is 3.33. The third-order valence-electron chi connectivity index (χ3n) is 4.83. The van der Waals surface area contributed by atoms with E-state index in [2.05, 4.69) is 53.4 Å². The minimum Gasteiger partial charge on any atom is -0.380 e. The molecule has 1 aliphatic rings. The Hall–Kier alpha value is -0.980. The maximum Gasteiger partial charge on any atom is 0.0371 e. The van der Waals surface area contributed by atoms with E-state index in [9.17, 15) is 0 Å². The first kappa shape index (κ1) is 17.1. The topological polar surface area (TPSA) is 12.0 Å². The Bertz CT molecular complexity index is 409. The molecule has 0 spiro atoms. The van der Waals surface area contributed by atoms with Crippen LogP contribution in [0.5, 0.6) is 0 Å². The van der Waals surface area contributed by atoms with Crippen LogP contribution in [0.15, 0.2) is 34.6 Å². The van der Waals surface area contributed by atoms with Gasteiger partial charge in [-0.15, -0.1) is 0 Å². The maximum atomic E-state index is 4.36. The SMILES string of the molecule is C=C(NC1(CC)CCCCC1)C(=C(C)C)C(C)=C(C)C. The molecule has 20 heavy (non-hydrogen) atoms. The van der Waals surface area contributed by atoms with Crippen LogP contribution in [0.3, 0.4) is 0 Å². The normalized spacial score (nSPS) is 17.3. The number of allylic oxidation sites excluding steroid dienone is 3. The van der Waals surface area contributed by atoms with Crippen molar-refractivity contribution in [1.82, 2.24) is 5.32 Å². The lowest BCUT2D eigenvalue weighted by atomic mass is 9.79. The van der Waals surface area contributed by atoms with Crippen LogP contribution >= 0.6 is 0 Å². The molecule has 0 saturated heterocycles. The van der Waals surface area contributed by atoms with Gasteiger partial charge in [0.15, 0.2) is 0 Å². The van der Waals surface area contributed by atoms with Crippen molar-refractivity contribution < 1.29 is 0 Å². The Balaban J connectivity index is 2.98. The van der Waals surface area contributed by atoms with Gasteiger partial charge in [0.25, 0.3) is 0 Å². The van der Waals surface area contributed by atoms with Gasteiger partial charge >= 0.3 is 0 Å². The highest BCUT2D eigenvalue weighted by molar-refractivity contribution is 5.48. The van der Waals surface area contributed by atoms with E-state index in [1.54, 1.807) is 0 Å². The predicted molar refractivity (Wildman–Crippen MR) is 90.8 cm³/mol. The Labute approximate surface area is 126 Å². The summed E-state index contributed by atoms with van der Waals surface area (Å²) >= 11 is 0. The van der Waals surface area contributed by atoms with E-state index in [0.717, 1.165) is 5.70 Å². The van der Waals surface area contributed by atoms with Crippen LogP contribution < -0.4 is 5.32 Å². The van der Waals surface area contributed by atoms with Crippen LogP contribution in [0.2, 0.25) is 0 Å². The Morgan fingerprint density at radius 3 is 1.90 bits per heavy atom. The Kier molecular flexibility index (Phi) is 6.10. The lowest BCUT2D eigenvalue weighted by molar-refractivity contribution is 0.243. The third-order valence-corrected chi connectivity index (χ3v) is 4.83. The first-order valence-corrected chi connectivity index (χ1v) is 8.12. The standard InChI is InChI=1S/C19H33N/c1-8-19(12-10-9-11-13-19)20-17(7)18(15(4)5)16(6)14(2)3/h20H,7-13H2,1-6H3. The second-order valence-corrected chi connectivity index (χ2v) is 6.80. The average molecular weight is 275 g/mol. The fourth-order valence-corrected chi connectivity index (χ4v) is 3.33. The van der Waals surface area contributed by atoms with E-state index in [0.29, 0.717) is 0 Å². The predicted octanol–water partition coefficient (Wildman–Crippen LogP) is 5.90. The van der Waals surface area contributed by atoms with Crippen molar-refractivity contribution in [3.8, 4) is 0 Å². The summed E-state index contributed by atoms with van der Waals surface area (Å²) in [6.45, 7) is 17.6. The highest BCUT2D eigenvalue weighted by Gasteiger charge is 2.30. The van der Waals surface area contributed by atoms with Crippen LogP contribution in [0.25, 0.3) is 0 Å². The monoisotopic (exact) mass is 275 g/mol. The van der Waals surface area contributed by atoms with Crippen molar-refractivity contribution in [3.63, 3.8) is 0 Å². The van der Waals surface area contributed by atoms with E-state index in [1.165, 1.54) is 60.8 Å². The second-order valence-electron chi connectivity index (χ2n) is 6.80. The molecule has 1 fully saturated rings. The van der Waals surface area contributed by atoms with Gasteiger partial charge in [-0.25, -0.2) is 0 Å². The molecule has 1 saturated carbocycles. The molecule has 0 heterocycles. The third kappa shape index (κ3) is 4.01. The van der Waals surface area contributed by atoms with Gasteiger partial charge in [-0.05, 0) is 65.0 Å². The smallest absolute Gasteiger partial charge is 0.0371 e. The van der Waals surface area contributed by atoms with Crippen molar-refractivity contribution >= 4 is 0 Å². The van der Waals surface area contributed by atoms with Crippen molar-refractivity contribution in [1.29, 1.82) is 0 Å². The van der Waals surface area contributed by atoms with Crippen LogP contribution in [0, 0.1) is 0 Å². The van der Waals surface area contributed by atoms with Crippen molar-refractivity contribution in [2.45, 2.75) is 85.6 Å². The summed E-state index contributed by atoms with van der Waals surface area (Å²) in [7, 11) is 0. The molecule has 114 valence electrons. The highest BCUT2D eigenvalue weighted by Crippen LogP contribution is 2.34. The van der Waals surface area contributed by atoms with Crippen molar-refractivity contribution in [2.75, 3.05) is 0 Å². The zero-order valence-electron chi connectivity index (χ0n) is 14.4. The number of hydrogen-bond acceptors (Lipinski definition) is 1. The van der Waals surface area contributed by atoms with Crippen LogP contribution in [0.1, 0.15) is 80.1 Å². The summed E-state index contributed by atoms with van der Waals surface area (Å²) in [4.78, 5) is 0. The van der Waals surface area contributed by atoms with Gasteiger partial charge in [-0.3, -0.25) is 0 Å². The zero-order valence-corrected chi connectivity index (χ0v) is 14.4. The minimum atomic E-state index is 0.276. The molecule has 1 heteroatoms. The molecule has 0 aromatic carbocycles. The molecule has 0 atom stereocenters. The molecule has 1 rings (SSSR count). The molecule has 0 aliphatic heterocycles. The summed E-state index contributed by atoms with van der Waals surface area (Å²) in [5.74, 6) is 0. The van der Waals surface area contributed by atoms with Gasteiger partial charge in [0, 0.05) is 11.2 Å². The second kappa shape index (κ2) is 7.15. The van der Waals surface area contributed by atoms with Gasteiger partial charge in [0.1, 0.15) is 0 Å². The van der Waals surface area contributed by atoms with E-state index in [1.807, 2.05) is 0 Å². The minimum absolute atomic E-state index is 0.276. The molecule has 1 N–H and O–H groups in total. The summed E-state index contributed by atoms with van der Waals surface area (Å²) in [6.07, 6.45) is 7.84. The summed E-state index contributed by atoms with van der Waals surface area (Å²) in [5, 5.41) is 3.81. The summed E-state index contributed by atoms with van der Waals surface area (Å²) in [6, 6.07) is 0. The molecule has 0 aromatic heterocycles. The Morgan fingerprint density at radius 1 is 0.950 bits per heavy atom. The van der Waals surface area contributed by atoms with Crippen molar-refractivity contribution in [2.24, 2.45) is 0 Å². The zero-order chi connectivity index (χ0) is 15.3. The quantitative estimate of drug-likeness (QED) is 0.616. The molecule has 1 nitrogen and oxygen atoms in total.